The Hall–Kier alpha value is -1.11. The molecule has 1 saturated heterocycles. The molecule has 2 rings (SSSR count). The molecule has 0 spiro atoms. The Morgan fingerprint density at radius 1 is 1.43 bits per heavy atom. The van der Waals surface area contributed by atoms with Crippen LogP contribution < -0.4 is 16.0 Å². The van der Waals surface area contributed by atoms with E-state index in [1.54, 1.807) is 0 Å². The Balaban J connectivity index is 1.98. The normalized spacial score (nSPS) is 22.2. The van der Waals surface area contributed by atoms with Crippen molar-refractivity contribution < 1.29 is 4.79 Å². The van der Waals surface area contributed by atoms with Gasteiger partial charge < -0.3 is 20.9 Å². The SMILES string of the molecule is CCCN[C@H]1CNCC[C@@H]1NC(=O)c1nc(Cl)c(CC)[nH]1. The van der Waals surface area contributed by atoms with Crippen molar-refractivity contribution in [1.82, 2.24) is 25.9 Å². The lowest BCUT2D eigenvalue weighted by molar-refractivity contribution is 0.0908. The summed E-state index contributed by atoms with van der Waals surface area (Å²) in [4.78, 5) is 19.4. The molecule has 0 bridgehead atoms. The van der Waals surface area contributed by atoms with E-state index >= 15 is 0 Å². The summed E-state index contributed by atoms with van der Waals surface area (Å²) < 4.78 is 0. The van der Waals surface area contributed by atoms with Gasteiger partial charge in [-0.2, -0.15) is 0 Å². The van der Waals surface area contributed by atoms with Gasteiger partial charge in [0.05, 0.1) is 5.69 Å². The molecule has 1 aromatic heterocycles. The highest BCUT2D eigenvalue weighted by Gasteiger charge is 2.27. The van der Waals surface area contributed by atoms with Crippen LogP contribution >= 0.6 is 11.6 Å². The van der Waals surface area contributed by atoms with Crippen molar-refractivity contribution in [1.29, 1.82) is 0 Å². The third-order valence-corrected chi connectivity index (χ3v) is 4.06. The number of carbonyl (C=O) groups excluding carboxylic acids is 1. The number of carbonyl (C=O) groups is 1. The van der Waals surface area contributed by atoms with Gasteiger partial charge in [-0.15, -0.1) is 0 Å². The first-order valence-electron chi connectivity index (χ1n) is 7.65. The van der Waals surface area contributed by atoms with Crippen LogP contribution in [-0.2, 0) is 6.42 Å². The van der Waals surface area contributed by atoms with Crippen LogP contribution in [0, 0.1) is 0 Å². The van der Waals surface area contributed by atoms with E-state index in [0.717, 1.165) is 44.6 Å². The van der Waals surface area contributed by atoms with E-state index < -0.39 is 0 Å². The molecule has 0 saturated carbocycles. The minimum Gasteiger partial charge on any atom is -0.345 e. The van der Waals surface area contributed by atoms with Gasteiger partial charge in [0, 0.05) is 18.6 Å². The fraction of sp³-hybridized carbons (Fsp3) is 0.714. The molecule has 2 atom stereocenters. The third-order valence-electron chi connectivity index (χ3n) is 3.75. The van der Waals surface area contributed by atoms with Crippen LogP contribution in [0.5, 0.6) is 0 Å². The summed E-state index contributed by atoms with van der Waals surface area (Å²) in [5, 5.41) is 10.3. The van der Waals surface area contributed by atoms with E-state index in [-0.39, 0.29) is 18.0 Å². The Labute approximate surface area is 130 Å². The van der Waals surface area contributed by atoms with Crippen LogP contribution in [0.3, 0.4) is 0 Å². The number of nitrogens with zero attached hydrogens (tertiary/aromatic N) is 1. The zero-order valence-corrected chi connectivity index (χ0v) is 13.4. The number of hydrogen-bond acceptors (Lipinski definition) is 4. The predicted molar refractivity (Wildman–Crippen MR) is 83.8 cm³/mol. The molecule has 0 aliphatic carbocycles. The van der Waals surface area contributed by atoms with Gasteiger partial charge >= 0.3 is 0 Å². The maximum absolute atomic E-state index is 12.3. The molecule has 118 valence electrons. The zero-order valence-electron chi connectivity index (χ0n) is 12.6. The number of aromatic nitrogens is 2. The summed E-state index contributed by atoms with van der Waals surface area (Å²) in [6.07, 6.45) is 2.71. The van der Waals surface area contributed by atoms with Gasteiger partial charge in [-0.3, -0.25) is 4.79 Å². The molecule has 2 heterocycles. The van der Waals surface area contributed by atoms with Crippen LogP contribution in [0.15, 0.2) is 0 Å². The molecule has 1 amide bonds. The minimum absolute atomic E-state index is 0.110. The number of aromatic amines is 1. The van der Waals surface area contributed by atoms with Crippen LogP contribution in [0.25, 0.3) is 0 Å². The van der Waals surface area contributed by atoms with Crippen LogP contribution in [-0.4, -0.2) is 47.6 Å². The van der Waals surface area contributed by atoms with Crippen molar-refractivity contribution in [2.75, 3.05) is 19.6 Å². The Morgan fingerprint density at radius 2 is 2.24 bits per heavy atom. The van der Waals surface area contributed by atoms with Gasteiger partial charge in [0.2, 0.25) is 0 Å². The number of piperidine rings is 1. The van der Waals surface area contributed by atoms with Gasteiger partial charge in [-0.25, -0.2) is 4.98 Å². The summed E-state index contributed by atoms with van der Waals surface area (Å²) in [6, 6.07) is 0.359. The van der Waals surface area contributed by atoms with E-state index in [4.69, 9.17) is 11.6 Å². The molecule has 7 heteroatoms. The number of amides is 1. The summed E-state index contributed by atoms with van der Waals surface area (Å²) in [6.45, 7) is 6.83. The maximum Gasteiger partial charge on any atom is 0.287 e. The second-order valence-corrected chi connectivity index (χ2v) is 5.70. The van der Waals surface area contributed by atoms with Crippen LogP contribution in [0.4, 0.5) is 0 Å². The van der Waals surface area contributed by atoms with Crippen LogP contribution in [0.1, 0.15) is 43.0 Å². The first-order chi connectivity index (χ1) is 10.2. The highest BCUT2D eigenvalue weighted by molar-refractivity contribution is 6.30. The molecule has 6 nitrogen and oxygen atoms in total. The fourth-order valence-electron chi connectivity index (χ4n) is 2.54. The Kier molecular flexibility index (Phi) is 6.02. The average molecular weight is 314 g/mol. The van der Waals surface area contributed by atoms with Gasteiger partial charge in [-0.1, -0.05) is 25.4 Å². The molecule has 1 aliphatic rings. The predicted octanol–water partition coefficient (Wildman–Crippen LogP) is 1.09. The van der Waals surface area contributed by atoms with E-state index in [1.807, 2.05) is 6.92 Å². The standard InChI is InChI=1S/C14H24ClN5O/c1-3-6-17-11-8-16-7-5-10(11)19-14(21)13-18-9(4-2)12(15)20-13/h10-11,16-17H,3-8H2,1-2H3,(H,18,20)(H,19,21)/t10-,11-/m0/s1. The molecule has 0 radical (unpaired) electrons. The molecule has 4 N–H and O–H groups in total. The second-order valence-electron chi connectivity index (χ2n) is 5.34. The van der Waals surface area contributed by atoms with Crippen molar-refractivity contribution in [2.45, 2.75) is 45.2 Å². The lowest BCUT2D eigenvalue weighted by atomic mass is 10.0. The number of H-pyrrole nitrogens is 1. The van der Waals surface area contributed by atoms with Crippen molar-refractivity contribution in [2.24, 2.45) is 0 Å². The molecule has 0 aromatic carbocycles. The number of nitrogens with one attached hydrogen (secondary N) is 4. The molecule has 1 fully saturated rings. The molecule has 0 unspecified atom stereocenters. The first kappa shape index (κ1) is 16.3. The zero-order chi connectivity index (χ0) is 15.2. The van der Waals surface area contributed by atoms with Gasteiger partial charge in [0.1, 0.15) is 0 Å². The van der Waals surface area contributed by atoms with Crippen molar-refractivity contribution in [3.05, 3.63) is 16.7 Å². The monoisotopic (exact) mass is 313 g/mol. The lowest BCUT2D eigenvalue weighted by Gasteiger charge is -2.33. The fourth-order valence-corrected chi connectivity index (χ4v) is 2.81. The Morgan fingerprint density at radius 3 is 2.90 bits per heavy atom. The number of halogens is 1. The summed E-state index contributed by atoms with van der Waals surface area (Å²) in [7, 11) is 0. The second kappa shape index (κ2) is 7.77. The van der Waals surface area contributed by atoms with Crippen molar-refractivity contribution in [3.8, 4) is 0 Å². The number of aryl methyl sites for hydroxylation is 1. The van der Waals surface area contributed by atoms with Crippen molar-refractivity contribution >= 4 is 17.5 Å². The Bertz CT molecular complexity index is 476. The van der Waals surface area contributed by atoms with Crippen LogP contribution in [0.2, 0.25) is 5.15 Å². The highest BCUT2D eigenvalue weighted by atomic mass is 35.5. The smallest absolute Gasteiger partial charge is 0.287 e. The first-order valence-corrected chi connectivity index (χ1v) is 8.02. The molecule has 1 aliphatic heterocycles. The molecular weight excluding hydrogens is 290 g/mol. The maximum atomic E-state index is 12.3. The van der Waals surface area contributed by atoms with E-state index in [9.17, 15) is 4.79 Å². The number of imidazole rings is 1. The van der Waals surface area contributed by atoms with Gasteiger partial charge in [0.25, 0.3) is 5.91 Å². The van der Waals surface area contributed by atoms with Gasteiger partial charge in [-0.05, 0) is 32.4 Å². The molecule has 1 aromatic rings. The minimum atomic E-state index is -0.188. The van der Waals surface area contributed by atoms with Crippen molar-refractivity contribution in [3.63, 3.8) is 0 Å². The molecule has 21 heavy (non-hydrogen) atoms. The average Bonchev–Trinajstić information content (AvgIpc) is 2.87. The largest absolute Gasteiger partial charge is 0.345 e. The summed E-state index contributed by atoms with van der Waals surface area (Å²) >= 11 is 5.98. The quantitative estimate of drug-likeness (QED) is 0.633. The molecular formula is C14H24ClN5O. The number of hydrogen-bond donors (Lipinski definition) is 4. The number of rotatable bonds is 6. The third kappa shape index (κ3) is 4.18. The van der Waals surface area contributed by atoms with Gasteiger partial charge in [0.15, 0.2) is 11.0 Å². The van der Waals surface area contributed by atoms with E-state index in [0.29, 0.717) is 11.0 Å². The van der Waals surface area contributed by atoms with E-state index in [1.165, 1.54) is 0 Å². The summed E-state index contributed by atoms with van der Waals surface area (Å²) in [5.74, 6) is 0.108. The highest BCUT2D eigenvalue weighted by Crippen LogP contribution is 2.13. The summed E-state index contributed by atoms with van der Waals surface area (Å²) in [5.41, 5.74) is 0.799. The van der Waals surface area contributed by atoms with E-state index in [2.05, 4.69) is 32.8 Å². The topological polar surface area (TPSA) is 81.8 Å². The lowest BCUT2D eigenvalue weighted by Crippen LogP contribution is -2.58.